The molecular formula is C75H66BF16N8O14U+. The van der Waals surface area contributed by atoms with Crippen molar-refractivity contribution in [1.29, 1.82) is 11.9 Å². The minimum atomic E-state index is -4.67. The Labute approximate surface area is 673 Å². The summed E-state index contributed by atoms with van der Waals surface area (Å²) in [6, 6.07) is 22.7. The third-order valence-corrected chi connectivity index (χ3v) is 14.1. The van der Waals surface area contributed by atoms with Gasteiger partial charge in [-0.1, -0.05) is 43.0 Å². The van der Waals surface area contributed by atoms with Gasteiger partial charge in [0.1, 0.15) is 46.9 Å². The third-order valence-electron chi connectivity index (χ3n) is 14.1. The largest absolute Gasteiger partial charge is 0.496 e. The van der Waals surface area contributed by atoms with E-state index in [1.165, 1.54) is 122 Å². The fourth-order valence-corrected chi connectivity index (χ4v) is 8.97. The predicted molar refractivity (Wildman–Crippen MR) is 384 cm³/mol. The van der Waals surface area contributed by atoms with Crippen molar-refractivity contribution in [2.75, 3.05) is 75.9 Å². The van der Waals surface area contributed by atoms with Crippen LogP contribution in [0, 0.1) is 77.5 Å². The molecule has 0 bridgehead atoms. The molecule has 9 rings (SSSR count). The van der Waals surface area contributed by atoms with Crippen LogP contribution in [0.1, 0.15) is 58.3 Å². The van der Waals surface area contributed by atoms with Gasteiger partial charge in [0.2, 0.25) is 5.91 Å². The molecule has 115 heavy (non-hydrogen) atoms. The Hall–Kier alpha value is -12.7. The maximum absolute atomic E-state index is 14.2. The minimum Gasteiger partial charge on any atom is -0.496 e. The van der Waals surface area contributed by atoms with Crippen LogP contribution in [0.15, 0.2) is 182 Å². The van der Waals surface area contributed by atoms with Crippen molar-refractivity contribution in [2.45, 2.75) is 50.5 Å². The Kier molecular flexibility index (Phi) is 40.8. The predicted octanol–water partition coefficient (Wildman–Crippen LogP) is 17.1. The van der Waals surface area contributed by atoms with E-state index in [1.807, 2.05) is 0 Å². The standard InChI is InChI=1S/2C19H16F4N2O4.C16H13F4NO2.C9H6F3NO2.C6H5FN.C4H6O2.C2H3N.BH.U/c1-28-15-7-6-10(19(21,22)23)8-14(15)25-13(9-16(26)29-2)11-4-3-5-12(20)17(11)24-18(25)27;1-28-15-8-7-12(19(21,22)23)10-14(15)24-18(27)25-17-11(4-3-5-13(17)20)6-9-16(26)29-2;1-23-14-7-6-11(16(18,19)20)8-10(14)9-15(22)21-13-5-3-2-4-12(13)17;1-14-7-3-2-6(9(10,11)12)4-8(7)15-5-13;7-5-3-1-2-4-6(5)8;1-3-4(5)6-2;1-2-3;;/h3-8,13H,9H2,1-2H3,(H,24,27);3-10H,1-2H3,(H2,24,25,27);2-8H,9H2,1H3,(H,21,22);2-4H,1H3;1,3-4H,8H2;3H,1H2,2H3;1H3;1H;/q;;;;+1;;;;/b;9-6+;;;;;;;/i;;;;;;;1D;. The molecule has 5 amide bonds. The number of fused-ring (bicyclic) bond motifs is 1. The molecule has 1 aliphatic carbocycles. The molecule has 608 valence electrons. The molecule has 1 aliphatic heterocycles. The second-order valence-electron chi connectivity index (χ2n) is 21.4. The molecule has 1 heterocycles. The van der Waals surface area contributed by atoms with Crippen molar-refractivity contribution in [3.8, 4) is 41.1 Å². The van der Waals surface area contributed by atoms with E-state index in [4.69, 9.17) is 36.5 Å². The van der Waals surface area contributed by atoms with Crippen LogP contribution in [0.2, 0.25) is 0 Å². The maximum Gasteiger partial charge on any atom is 0.416 e. The first-order chi connectivity index (χ1) is 54.1. The van der Waals surface area contributed by atoms with Gasteiger partial charge in [-0.3, -0.25) is 14.5 Å². The molecule has 1 atom stereocenters. The monoisotopic (exact) mass is 1860 g/mol. The fraction of sp³-hybridized carbons (Fsp3) is 0.200. The second-order valence-corrected chi connectivity index (χ2v) is 21.4. The first-order valence-corrected chi connectivity index (χ1v) is 31.3. The smallest absolute Gasteiger partial charge is 0.416 e. The van der Waals surface area contributed by atoms with Crippen LogP contribution in [0.3, 0.4) is 0 Å². The average molecular weight is 1860 g/mol. The number of halogens is 16. The van der Waals surface area contributed by atoms with Crippen LogP contribution >= 0.6 is 0 Å². The van der Waals surface area contributed by atoms with Crippen LogP contribution in [0.25, 0.3) is 6.08 Å². The summed E-state index contributed by atoms with van der Waals surface area (Å²) in [5.41, 5.74) is 0.951. The van der Waals surface area contributed by atoms with Crippen LogP contribution in [-0.4, -0.2) is 95.4 Å². The van der Waals surface area contributed by atoms with Gasteiger partial charge in [0.15, 0.2) is 17.2 Å². The third kappa shape index (κ3) is 31.8. The molecule has 1 unspecified atom stereocenters. The number of urea groups is 2. The Bertz CT molecular complexity index is 4710. The molecule has 2 aliphatic rings. The number of amides is 5. The number of ether oxygens (including phenoxy) is 8. The van der Waals surface area contributed by atoms with Crippen LogP contribution in [0.5, 0.6) is 28.7 Å². The zero-order valence-corrected chi connectivity index (χ0v) is 65.3. The van der Waals surface area contributed by atoms with E-state index >= 15 is 0 Å². The van der Waals surface area contributed by atoms with E-state index in [2.05, 4.69) is 61.2 Å². The first kappa shape index (κ1) is 98.4. The summed E-state index contributed by atoms with van der Waals surface area (Å²) in [5, 5.41) is 24.6. The molecule has 0 spiro atoms. The van der Waals surface area contributed by atoms with Gasteiger partial charge in [0, 0.05) is 81.3 Å². The normalized spacial score (nSPS) is 12.2. The number of anilines is 5. The molecule has 0 aromatic heterocycles. The summed E-state index contributed by atoms with van der Waals surface area (Å²) in [6.45, 7) is 4.59. The van der Waals surface area contributed by atoms with E-state index < -0.39 is 113 Å². The van der Waals surface area contributed by atoms with Crippen molar-refractivity contribution >= 4 is 78.8 Å². The molecule has 7 aromatic rings. The van der Waals surface area contributed by atoms with Crippen LogP contribution in [0.4, 0.5) is 108 Å². The number of alkyl halides is 12. The van der Waals surface area contributed by atoms with Gasteiger partial charge >= 0.3 is 54.7 Å². The number of nitrogens with zero attached hydrogens (tertiary/aromatic N) is 3. The van der Waals surface area contributed by atoms with E-state index in [-0.39, 0.29) is 123 Å². The van der Waals surface area contributed by atoms with Gasteiger partial charge in [0.25, 0.3) is 12.1 Å². The number of rotatable bonds is 16. The minimum absolute atomic E-state index is 0. The number of hydrogen-bond acceptors (Lipinski definition) is 17. The first-order valence-electron chi connectivity index (χ1n) is 31.8. The summed E-state index contributed by atoms with van der Waals surface area (Å²) in [6.07, 6.45) is -7.65. The summed E-state index contributed by atoms with van der Waals surface area (Å²) < 4.78 is 250. The summed E-state index contributed by atoms with van der Waals surface area (Å²) in [7, 11) is 12.4. The van der Waals surface area contributed by atoms with E-state index in [0.717, 1.165) is 104 Å². The average Bonchev–Trinajstić information content (AvgIpc) is 0.752. The topological polar surface area (TPSA) is 301 Å². The number of nitrogens with one attached hydrogen (secondary N) is 4. The van der Waals surface area contributed by atoms with E-state index in [0.29, 0.717) is 12.1 Å². The van der Waals surface area contributed by atoms with Gasteiger partial charge in [-0.15, -0.1) is 5.26 Å². The molecule has 7 aromatic carbocycles. The number of allylic oxidation sites excluding steroid dienone is 5. The molecule has 0 saturated heterocycles. The van der Waals surface area contributed by atoms with Crippen LogP contribution < -0.4 is 55.6 Å². The van der Waals surface area contributed by atoms with Gasteiger partial charge in [0.05, 0.1) is 131 Å². The van der Waals surface area contributed by atoms with Gasteiger partial charge in [-0.2, -0.15) is 62.3 Å². The van der Waals surface area contributed by atoms with Crippen molar-refractivity contribution in [2.24, 2.45) is 5.73 Å². The number of esters is 3. The number of benzene rings is 7. The molecule has 0 saturated carbocycles. The maximum atomic E-state index is 14.2. The zero-order chi connectivity index (χ0) is 87.1. The van der Waals surface area contributed by atoms with Crippen molar-refractivity contribution < 1.29 is 168 Å². The number of para-hydroxylation sites is 3. The van der Waals surface area contributed by atoms with Crippen molar-refractivity contribution in [3.05, 3.63) is 244 Å². The molecule has 2 radical (unpaired) electrons. The van der Waals surface area contributed by atoms with Gasteiger partial charge < -0.3 is 64.9 Å². The number of nitriles is 2. The number of carbonyl (C=O) groups excluding carboxylic acids is 6. The zero-order valence-electron chi connectivity index (χ0n) is 62.1. The van der Waals surface area contributed by atoms with E-state index in [9.17, 15) is 99.0 Å². The number of nitrogens with two attached hydrogens (primary N) is 1. The SMILES string of the molecule is C=CC(=O)OC.CC#N.COC(=O)/C=C/c1cccc(F)c1NC(=O)Nc1cc(C(F)(F)F)ccc1OC.COC(=O)CC1c2cccc(F)c2NC(=O)N1c1cc(C(F)(F)F)ccc1OC.COc1ccc(C(F)(F)F)cc1CC(=O)Nc1ccccc1F.COc1ccc(C(F)(F)F)cc1OC#N.NC1=C(F)C=C[C+]=C1.[2H][B].[U]. The summed E-state index contributed by atoms with van der Waals surface area (Å²) >= 11 is 0. The van der Waals surface area contributed by atoms with E-state index in [1.54, 1.807) is 6.07 Å². The van der Waals surface area contributed by atoms with Crippen molar-refractivity contribution in [3.63, 3.8) is 0 Å². The quantitative estimate of drug-likeness (QED) is 0.0114. The number of methoxy groups -OCH3 is 7. The summed E-state index contributed by atoms with van der Waals surface area (Å²) in [5.74, 6) is -5.10. The fourth-order valence-electron chi connectivity index (χ4n) is 8.97. The number of carbonyl (C=O) groups is 6. The molecule has 0 fully saturated rings. The molecule has 22 nitrogen and oxygen atoms in total. The number of hydrogen-bond donors (Lipinski definition) is 5. The molecular weight excluding hydrogens is 1790 g/mol. The van der Waals surface area contributed by atoms with Crippen LogP contribution in [-0.2, 0) is 64.5 Å². The molecule has 40 heteroatoms. The van der Waals surface area contributed by atoms with Crippen molar-refractivity contribution in [1.82, 2.24) is 0 Å². The Morgan fingerprint density at radius 2 is 1.12 bits per heavy atom. The Morgan fingerprint density at radius 1 is 0.617 bits per heavy atom. The second kappa shape index (κ2) is 47.6. The molecule has 6 N–H and O–H groups in total. The summed E-state index contributed by atoms with van der Waals surface area (Å²) in [4.78, 5) is 70.9. The Balaban J connectivity index is 0.000000727. The van der Waals surface area contributed by atoms with Gasteiger partial charge in [-0.05, 0) is 104 Å². The Morgan fingerprint density at radius 3 is 1.62 bits per heavy atom. The van der Waals surface area contributed by atoms with Gasteiger partial charge in [-0.25, -0.2) is 32.3 Å².